The predicted octanol–water partition coefficient (Wildman–Crippen LogP) is 2.01. The Morgan fingerprint density at radius 2 is 2.64 bits per heavy atom. The molecule has 4 heteroatoms. The average molecular weight is 189 g/mol. The number of thioether (sulfide) groups is 1. The van der Waals surface area contributed by atoms with Gasteiger partial charge in [0.25, 0.3) is 0 Å². The topological polar surface area (TPSA) is 33.1 Å². The molecule has 0 bridgehead atoms. The lowest BCUT2D eigenvalue weighted by molar-refractivity contribution is 0.289. The van der Waals surface area contributed by atoms with Crippen molar-refractivity contribution in [2.24, 2.45) is 0 Å². The molecule has 62 valence electrons. The number of nitrogens with zero attached hydrogens (tertiary/aromatic N) is 1. The van der Waals surface area contributed by atoms with Crippen LogP contribution in [0.2, 0.25) is 0 Å². The Bertz CT molecular complexity index is 188. The van der Waals surface area contributed by atoms with Crippen LogP contribution in [0, 0.1) is 0 Å². The number of aromatic nitrogens is 1. The van der Waals surface area contributed by atoms with Gasteiger partial charge < -0.3 is 5.11 Å². The Morgan fingerprint density at radius 1 is 1.82 bits per heavy atom. The Kier molecular flexibility index (Phi) is 3.90. The van der Waals surface area contributed by atoms with Gasteiger partial charge in [0, 0.05) is 23.4 Å². The van der Waals surface area contributed by atoms with Crippen LogP contribution in [-0.2, 0) is 0 Å². The van der Waals surface area contributed by atoms with Crippen molar-refractivity contribution in [3.05, 3.63) is 11.6 Å². The fourth-order valence-corrected chi connectivity index (χ4v) is 2.61. The lowest BCUT2D eigenvalue weighted by Crippen LogP contribution is -1.98. The second kappa shape index (κ2) is 4.74. The average Bonchev–Trinajstić information content (AvgIpc) is 2.40. The molecule has 1 heterocycles. The van der Waals surface area contributed by atoms with Crippen molar-refractivity contribution < 1.29 is 5.11 Å². The summed E-state index contributed by atoms with van der Waals surface area (Å²) in [4.78, 5) is 4.14. The van der Waals surface area contributed by atoms with Crippen molar-refractivity contribution in [3.63, 3.8) is 0 Å². The van der Waals surface area contributed by atoms with E-state index in [0.29, 0.717) is 5.25 Å². The summed E-state index contributed by atoms with van der Waals surface area (Å²) in [5, 5.41) is 11.1. The van der Waals surface area contributed by atoms with Crippen molar-refractivity contribution >= 4 is 23.1 Å². The van der Waals surface area contributed by atoms with Crippen LogP contribution in [0.3, 0.4) is 0 Å². The summed E-state index contributed by atoms with van der Waals surface area (Å²) in [6.45, 7) is 2.36. The van der Waals surface area contributed by atoms with Gasteiger partial charge in [0.05, 0.1) is 0 Å². The van der Waals surface area contributed by atoms with Crippen LogP contribution in [0.15, 0.2) is 15.9 Å². The molecule has 0 saturated heterocycles. The molecule has 2 nitrogen and oxygen atoms in total. The number of aliphatic hydroxyl groups excluding tert-OH is 1. The van der Waals surface area contributed by atoms with Crippen LogP contribution in [0.4, 0.5) is 0 Å². The summed E-state index contributed by atoms with van der Waals surface area (Å²) in [6, 6.07) is 0. The minimum Gasteiger partial charge on any atom is -0.396 e. The second-order valence-electron chi connectivity index (χ2n) is 2.24. The highest BCUT2D eigenvalue weighted by atomic mass is 32.2. The number of thiazole rings is 1. The van der Waals surface area contributed by atoms with Crippen molar-refractivity contribution in [1.82, 2.24) is 4.98 Å². The molecule has 0 fully saturated rings. The van der Waals surface area contributed by atoms with Gasteiger partial charge in [-0.1, -0.05) is 18.7 Å². The molecule has 0 amide bonds. The summed E-state index contributed by atoms with van der Waals surface area (Å²) < 4.78 is 1.09. The molecule has 0 aliphatic carbocycles. The molecule has 11 heavy (non-hydrogen) atoms. The van der Waals surface area contributed by atoms with E-state index in [1.54, 1.807) is 29.3 Å². The number of aliphatic hydroxyl groups is 1. The molecule has 0 saturated carbocycles. The molecule has 0 spiro atoms. The third-order valence-electron chi connectivity index (χ3n) is 1.25. The van der Waals surface area contributed by atoms with Gasteiger partial charge in [-0.15, -0.1) is 11.3 Å². The third-order valence-corrected chi connectivity index (χ3v) is 3.33. The van der Waals surface area contributed by atoms with E-state index in [-0.39, 0.29) is 6.61 Å². The fraction of sp³-hybridized carbons (Fsp3) is 0.571. The van der Waals surface area contributed by atoms with Gasteiger partial charge in [0.1, 0.15) is 4.34 Å². The summed E-state index contributed by atoms with van der Waals surface area (Å²) in [5.41, 5.74) is 0. The van der Waals surface area contributed by atoms with E-state index in [2.05, 4.69) is 11.9 Å². The van der Waals surface area contributed by atoms with Crippen LogP contribution < -0.4 is 0 Å². The van der Waals surface area contributed by atoms with E-state index in [1.165, 1.54) is 0 Å². The fourth-order valence-electron chi connectivity index (χ4n) is 0.681. The first-order valence-corrected chi connectivity index (χ1v) is 5.26. The van der Waals surface area contributed by atoms with Gasteiger partial charge in [-0.25, -0.2) is 4.98 Å². The molecule has 1 aromatic heterocycles. The van der Waals surface area contributed by atoms with E-state index >= 15 is 0 Å². The monoisotopic (exact) mass is 189 g/mol. The van der Waals surface area contributed by atoms with Crippen LogP contribution in [0.1, 0.15) is 13.3 Å². The van der Waals surface area contributed by atoms with Gasteiger partial charge in [0.2, 0.25) is 0 Å². The van der Waals surface area contributed by atoms with E-state index in [4.69, 9.17) is 5.11 Å². The van der Waals surface area contributed by atoms with Gasteiger partial charge in [-0.3, -0.25) is 0 Å². The summed E-state index contributed by atoms with van der Waals surface area (Å²) in [6.07, 6.45) is 2.64. The van der Waals surface area contributed by atoms with Gasteiger partial charge >= 0.3 is 0 Å². The first kappa shape index (κ1) is 9.03. The predicted molar refractivity (Wildman–Crippen MR) is 49.1 cm³/mol. The van der Waals surface area contributed by atoms with Crippen molar-refractivity contribution in [1.29, 1.82) is 0 Å². The van der Waals surface area contributed by atoms with Crippen LogP contribution in [0.5, 0.6) is 0 Å². The Balaban J connectivity index is 2.31. The van der Waals surface area contributed by atoms with Crippen LogP contribution >= 0.6 is 23.1 Å². The molecule has 0 aliphatic rings. The van der Waals surface area contributed by atoms with E-state index in [0.717, 1.165) is 10.8 Å². The summed E-state index contributed by atoms with van der Waals surface area (Å²) >= 11 is 3.37. The minimum absolute atomic E-state index is 0.263. The smallest absolute Gasteiger partial charge is 0.150 e. The molecular weight excluding hydrogens is 178 g/mol. The van der Waals surface area contributed by atoms with Crippen LogP contribution in [0.25, 0.3) is 0 Å². The molecule has 0 radical (unpaired) electrons. The zero-order valence-corrected chi connectivity index (χ0v) is 7.99. The first-order chi connectivity index (χ1) is 5.33. The SMILES string of the molecule is CC(CCO)Sc1nccs1. The minimum atomic E-state index is 0.263. The summed E-state index contributed by atoms with van der Waals surface area (Å²) in [5.74, 6) is 0. The van der Waals surface area contributed by atoms with Gasteiger partial charge in [-0.2, -0.15) is 0 Å². The standard InChI is InChI=1S/C7H11NOS2/c1-6(2-4-9)11-7-8-3-5-10-7/h3,5-6,9H,2,4H2,1H3. The second-order valence-corrected chi connectivity index (χ2v) is 4.82. The number of rotatable bonds is 4. The summed E-state index contributed by atoms with van der Waals surface area (Å²) in [7, 11) is 0. The Labute approximate surface area is 74.7 Å². The Hall–Kier alpha value is -0.0600. The van der Waals surface area contributed by atoms with Gasteiger partial charge in [-0.05, 0) is 6.42 Å². The van der Waals surface area contributed by atoms with E-state index in [9.17, 15) is 0 Å². The van der Waals surface area contributed by atoms with E-state index in [1.807, 2.05) is 5.38 Å². The van der Waals surface area contributed by atoms with Crippen molar-refractivity contribution in [3.8, 4) is 0 Å². The zero-order valence-electron chi connectivity index (χ0n) is 6.36. The highest BCUT2D eigenvalue weighted by molar-refractivity contribution is 8.01. The van der Waals surface area contributed by atoms with Crippen molar-refractivity contribution in [2.75, 3.05) is 6.61 Å². The highest BCUT2D eigenvalue weighted by Crippen LogP contribution is 2.26. The Morgan fingerprint density at radius 3 is 3.18 bits per heavy atom. The lowest BCUT2D eigenvalue weighted by atomic mass is 10.4. The maximum atomic E-state index is 8.63. The normalized spacial score (nSPS) is 13.3. The highest BCUT2D eigenvalue weighted by Gasteiger charge is 2.04. The van der Waals surface area contributed by atoms with Crippen LogP contribution in [-0.4, -0.2) is 21.9 Å². The van der Waals surface area contributed by atoms with E-state index < -0.39 is 0 Å². The van der Waals surface area contributed by atoms with Gasteiger partial charge in [0.15, 0.2) is 0 Å². The zero-order chi connectivity index (χ0) is 8.10. The molecule has 0 aliphatic heterocycles. The first-order valence-electron chi connectivity index (χ1n) is 3.50. The quantitative estimate of drug-likeness (QED) is 0.735. The third kappa shape index (κ3) is 3.22. The molecule has 1 N–H and O–H groups in total. The number of hydrogen-bond acceptors (Lipinski definition) is 4. The molecule has 0 aromatic carbocycles. The number of hydrogen-bond donors (Lipinski definition) is 1. The molecule has 1 aromatic rings. The molecular formula is C7H11NOS2. The maximum absolute atomic E-state index is 8.63. The molecule has 1 atom stereocenters. The largest absolute Gasteiger partial charge is 0.396 e. The maximum Gasteiger partial charge on any atom is 0.150 e. The van der Waals surface area contributed by atoms with Crippen molar-refractivity contribution in [2.45, 2.75) is 22.9 Å². The molecule has 1 unspecified atom stereocenters. The lowest BCUT2D eigenvalue weighted by Gasteiger charge is -2.04. The molecule has 1 rings (SSSR count).